The van der Waals surface area contributed by atoms with Crippen LogP contribution in [-0.2, 0) is 0 Å². The zero-order chi connectivity index (χ0) is 15.5. The molecule has 0 heterocycles. The van der Waals surface area contributed by atoms with Gasteiger partial charge in [0, 0.05) is 12.1 Å². The van der Waals surface area contributed by atoms with Gasteiger partial charge in [-0.05, 0) is 12.8 Å². The normalized spacial score (nSPS) is 18.0. The number of nitrogens with zero attached hydrogens (tertiary/aromatic N) is 1. The standard InChI is InChI=1S/C14H18ClFN2O3/c15-10-7-12(18(19)20)13(8-11(10)16)21-9-14(17)5-3-1-2-4-6-14/h7-8H,1-6,9,17H2. The summed E-state index contributed by atoms with van der Waals surface area (Å²) < 4.78 is 18.9. The van der Waals surface area contributed by atoms with Crippen molar-refractivity contribution in [3.63, 3.8) is 0 Å². The van der Waals surface area contributed by atoms with Gasteiger partial charge in [-0.25, -0.2) is 4.39 Å². The molecule has 0 aliphatic heterocycles. The first-order valence-electron chi connectivity index (χ1n) is 6.96. The van der Waals surface area contributed by atoms with Crippen LogP contribution in [0.2, 0.25) is 5.02 Å². The van der Waals surface area contributed by atoms with Gasteiger partial charge in [0.05, 0.1) is 15.5 Å². The van der Waals surface area contributed by atoms with Crippen LogP contribution in [0.15, 0.2) is 12.1 Å². The molecule has 116 valence electrons. The number of hydrogen-bond donors (Lipinski definition) is 1. The Morgan fingerprint density at radius 1 is 1.33 bits per heavy atom. The van der Waals surface area contributed by atoms with Crippen molar-refractivity contribution in [2.75, 3.05) is 6.61 Å². The zero-order valence-corrected chi connectivity index (χ0v) is 12.4. The minimum absolute atomic E-state index is 0.129. The molecule has 0 amide bonds. The summed E-state index contributed by atoms with van der Waals surface area (Å²) in [6, 6.07) is 1.91. The van der Waals surface area contributed by atoms with Crippen LogP contribution in [0.5, 0.6) is 5.75 Å². The van der Waals surface area contributed by atoms with Crippen molar-refractivity contribution < 1.29 is 14.1 Å². The van der Waals surface area contributed by atoms with Gasteiger partial charge < -0.3 is 10.5 Å². The Balaban J connectivity index is 2.15. The van der Waals surface area contributed by atoms with Gasteiger partial charge in [0.25, 0.3) is 0 Å². The summed E-state index contributed by atoms with van der Waals surface area (Å²) in [6.07, 6.45) is 5.89. The summed E-state index contributed by atoms with van der Waals surface area (Å²) in [5.74, 6) is -0.875. The Bertz CT molecular complexity index is 531. The van der Waals surface area contributed by atoms with Crippen LogP contribution < -0.4 is 10.5 Å². The van der Waals surface area contributed by atoms with Crippen LogP contribution in [0.25, 0.3) is 0 Å². The summed E-state index contributed by atoms with van der Waals surface area (Å²) in [4.78, 5) is 10.3. The van der Waals surface area contributed by atoms with E-state index in [1.54, 1.807) is 0 Å². The fourth-order valence-corrected chi connectivity index (χ4v) is 2.73. The molecule has 2 rings (SSSR count). The summed E-state index contributed by atoms with van der Waals surface area (Å²) in [6.45, 7) is 0.134. The number of rotatable bonds is 4. The van der Waals surface area contributed by atoms with E-state index in [-0.39, 0.29) is 23.1 Å². The lowest BCUT2D eigenvalue weighted by Crippen LogP contribution is -2.45. The van der Waals surface area contributed by atoms with Crippen molar-refractivity contribution in [2.45, 2.75) is 44.1 Å². The van der Waals surface area contributed by atoms with Crippen LogP contribution in [0.3, 0.4) is 0 Å². The second-order valence-corrected chi connectivity index (χ2v) is 5.96. The van der Waals surface area contributed by atoms with E-state index < -0.39 is 16.3 Å². The first kappa shape index (κ1) is 16.0. The Kier molecular flexibility index (Phi) is 5.00. The van der Waals surface area contributed by atoms with E-state index in [1.807, 2.05) is 0 Å². The molecule has 2 N–H and O–H groups in total. The lowest BCUT2D eigenvalue weighted by molar-refractivity contribution is -0.386. The largest absolute Gasteiger partial charge is 0.485 e. The van der Waals surface area contributed by atoms with Crippen molar-refractivity contribution in [1.82, 2.24) is 0 Å². The molecule has 21 heavy (non-hydrogen) atoms. The molecule has 1 aromatic rings. The first-order valence-corrected chi connectivity index (χ1v) is 7.34. The molecular weight excluding hydrogens is 299 g/mol. The van der Waals surface area contributed by atoms with Crippen LogP contribution in [0.4, 0.5) is 10.1 Å². The fourth-order valence-electron chi connectivity index (χ4n) is 2.57. The molecular formula is C14H18ClFN2O3. The van der Waals surface area contributed by atoms with Gasteiger partial charge in [0.1, 0.15) is 12.4 Å². The SMILES string of the molecule is NC1(COc2cc(F)c(Cl)cc2[N+](=O)[O-])CCCCCC1. The summed E-state index contributed by atoms with van der Waals surface area (Å²) >= 11 is 5.57. The maximum absolute atomic E-state index is 13.5. The number of nitro groups is 1. The molecule has 1 saturated carbocycles. The minimum Gasteiger partial charge on any atom is -0.485 e. The smallest absolute Gasteiger partial charge is 0.312 e. The molecule has 1 aliphatic rings. The van der Waals surface area contributed by atoms with E-state index in [4.69, 9.17) is 22.1 Å². The number of nitrogens with two attached hydrogens (primary N) is 1. The Morgan fingerprint density at radius 3 is 2.52 bits per heavy atom. The second-order valence-electron chi connectivity index (χ2n) is 5.56. The van der Waals surface area contributed by atoms with Crippen LogP contribution in [-0.4, -0.2) is 17.1 Å². The van der Waals surface area contributed by atoms with E-state index in [9.17, 15) is 14.5 Å². The molecule has 0 saturated heterocycles. The molecule has 0 aromatic heterocycles. The highest BCUT2D eigenvalue weighted by atomic mass is 35.5. The third-order valence-electron chi connectivity index (χ3n) is 3.81. The Labute approximate surface area is 127 Å². The molecule has 0 spiro atoms. The van der Waals surface area contributed by atoms with Crippen molar-refractivity contribution in [2.24, 2.45) is 5.73 Å². The lowest BCUT2D eigenvalue weighted by atomic mass is 9.92. The third kappa shape index (κ3) is 4.04. The average molecular weight is 317 g/mol. The van der Waals surface area contributed by atoms with Crippen molar-refractivity contribution in [3.05, 3.63) is 33.1 Å². The van der Waals surface area contributed by atoms with Gasteiger partial charge in [-0.15, -0.1) is 0 Å². The Hall–Kier alpha value is -1.40. The first-order chi connectivity index (χ1) is 9.91. The molecule has 7 heteroatoms. The summed E-state index contributed by atoms with van der Waals surface area (Å²) in [5, 5.41) is 10.7. The van der Waals surface area contributed by atoms with Gasteiger partial charge in [-0.2, -0.15) is 0 Å². The van der Waals surface area contributed by atoms with Crippen molar-refractivity contribution in [3.8, 4) is 5.75 Å². The van der Waals surface area contributed by atoms with Gasteiger partial charge in [-0.1, -0.05) is 37.3 Å². The molecule has 0 atom stereocenters. The molecule has 5 nitrogen and oxygen atoms in total. The van der Waals surface area contributed by atoms with Crippen LogP contribution in [0.1, 0.15) is 38.5 Å². The number of benzene rings is 1. The lowest BCUT2D eigenvalue weighted by Gasteiger charge is -2.27. The van der Waals surface area contributed by atoms with E-state index in [0.717, 1.165) is 50.7 Å². The maximum Gasteiger partial charge on any atom is 0.312 e. The van der Waals surface area contributed by atoms with Gasteiger partial charge in [0.15, 0.2) is 5.75 Å². The highest BCUT2D eigenvalue weighted by molar-refractivity contribution is 6.31. The predicted molar refractivity (Wildman–Crippen MR) is 78.2 cm³/mol. The summed E-state index contributed by atoms with van der Waals surface area (Å²) in [5.41, 5.74) is 5.42. The summed E-state index contributed by atoms with van der Waals surface area (Å²) in [7, 11) is 0. The van der Waals surface area contributed by atoms with Gasteiger partial charge in [-0.3, -0.25) is 10.1 Å². The molecule has 1 fully saturated rings. The fraction of sp³-hybridized carbons (Fsp3) is 0.571. The molecule has 0 radical (unpaired) electrons. The molecule has 0 bridgehead atoms. The second kappa shape index (κ2) is 6.58. The minimum atomic E-state index is -0.746. The maximum atomic E-state index is 13.5. The van der Waals surface area contributed by atoms with E-state index >= 15 is 0 Å². The van der Waals surface area contributed by atoms with Crippen molar-refractivity contribution in [1.29, 1.82) is 0 Å². The van der Waals surface area contributed by atoms with Crippen molar-refractivity contribution >= 4 is 17.3 Å². The predicted octanol–water partition coefficient (Wildman–Crippen LogP) is 3.82. The number of nitro benzene ring substituents is 1. The molecule has 0 unspecified atom stereocenters. The third-order valence-corrected chi connectivity index (χ3v) is 4.10. The average Bonchev–Trinajstić information content (AvgIpc) is 2.65. The van der Waals surface area contributed by atoms with Gasteiger partial charge in [0.2, 0.25) is 0 Å². The van der Waals surface area contributed by atoms with Gasteiger partial charge >= 0.3 is 5.69 Å². The zero-order valence-electron chi connectivity index (χ0n) is 11.6. The quantitative estimate of drug-likeness (QED) is 0.520. The number of hydrogen-bond acceptors (Lipinski definition) is 4. The van der Waals surface area contributed by atoms with E-state index in [0.29, 0.717) is 0 Å². The Morgan fingerprint density at radius 2 is 1.95 bits per heavy atom. The van der Waals surface area contributed by atoms with Crippen LogP contribution in [0, 0.1) is 15.9 Å². The highest BCUT2D eigenvalue weighted by Gasteiger charge is 2.29. The number of ether oxygens (including phenoxy) is 1. The molecule has 1 aromatic carbocycles. The van der Waals surface area contributed by atoms with E-state index in [2.05, 4.69) is 0 Å². The van der Waals surface area contributed by atoms with Crippen LogP contribution >= 0.6 is 11.6 Å². The molecule has 1 aliphatic carbocycles. The monoisotopic (exact) mass is 316 g/mol. The number of halogens is 2. The van der Waals surface area contributed by atoms with E-state index in [1.165, 1.54) is 0 Å². The highest BCUT2D eigenvalue weighted by Crippen LogP contribution is 2.34. The topological polar surface area (TPSA) is 78.4 Å².